The number of piperidine rings is 1. The lowest BCUT2D eigenvalue weighted by atomic mass is 9.96. The molecule has 9 heteroatoms. The molecule has 234 valence electrons. The molecule has 2 atom stereocenters. The number of hydrogen-bond acceptors (Lipinski definition) is 6. The normalized spacial score (nSPS) is 15.8. The number of amides is 2. The maximum atomic E-state index is 13.4. The van der Waals surface area contributed by atoms with Crippen LogP contribution in [-0.4, -0.2) is 72.8 Å². The largest absolute Gasteiger partial charge is 0.457 e. The molecule has 0 radical (unpaired) electrons. The van der Waals surface area contributed by atoms with Gasteiger partial charge in [-0.15, -0.1) is 0 Å². The third-order valence-corrected chi connectivity index (χ3v) is 7.77. The fraction of sp³-hybridized carbons (Fsp3) is 0.400. The van der Waals surface area contributed by atoms with Crippen molar-refractivity contribution in [2.75, 3.05) is 39.3 Å². The van der Waals surface area contributed by atoms with Crippen molar-refractivity contribution in [3.05, 3.63) is 95.8 Å². The Morgan fingerprint density at radius 1 is 0.932 bits per heavy atom. The van der Waals surface area contributed by atoms with E-state index in [1.165, 1.54) is 12.1 Å². The zero-order valence-electron chi connectivity index (χ0n) is 25.5. The Bertz CT molecular complexity index is 1350. The molecule has 8 nitrogen and oxygen atoms in total. The first-order valence-electron chi connectivity index (χ1n) is 15.3. The maximum absolute atomic E-state index is 13.4. The van der Waals surface area contributed by atoms with Gasteiger partial charge in [-0.2, -0.15) is 0 Å². The van der Waals surface area contributed by atoms with Crippen LogP contribution >= 0.6 is 0 Å². The van der Waals surface area contributed by atoms with Gasteiger partial charge in [-0.05, 0) is 80.8 Å². The van der Waals surface area contributed by atoms with Crippen molar-refractivity contribution in [2.24, 2.45) is 5.92 Å². The summed E-state index contributed by atoms with van der Waals surface area (Å²) in [6.45, 7) is 7.01. The zero-order valence-corrected chi connectivity index (χ0v) is 25.5. The Labute approximate surface area is 259 Å². The number of carbonyl (C=O) groups excluding carboxylic acids is 3. The summed E-state index contributed by atoms with van der Waals surface area (Å²) in [5.74, 6) is 0.285. The van der Waals surface area contributed by atoms with Crippen molar-refractivity contribution in [2.45, 2.75) is 45.8 Å². The number of ether oxygens (including phenoxy) is 2. The van der Waals surface area contributed by atoms with Crippen molar-refractivity contribution < 1.29 is 28.2 Å². The fourth-order valence-electron chi connectivity index (χ4n) is 5.36. The van der Waals surface area contributed by atoms with E-state index in [-0.39, 0.29) is 48.9 Å². The van der Waals surface area contributed by atoms with E-state index in [9.17, 15) is 18.8 Å². The zero-order chi connectivity index (χ0) is 31.3. The van der Waals surface area contributed by atoms with Crippen molar-refractivity contribution in [3.63, 3.8) is 0 Å². The average molecular weight is 604 g/mol. The molecule has 0 aliphatic carbocycles. The number of likely N-dealkylation sites (tertiary alicyclic amines) is 1. The fourth-order valence-corrected chi connectivity index (χ4v) is 5.36. The second-order valence-corrected chi connectivity index (χ2v) is 11.0. The van der Waals surface area contributed by atoms with E-state index in [2.05, 4.69) is 5.32 Å². The van der Waals surface area contributed by atoms with Crippen LogP contribution in [-0.2, 0) is 32.1 Å². The average Bonchev–Trinajstić information content (AvgIpc) is 3.03. The first kappa shape index (κ1) is 32.8. The maximum Gasteiger partial charge on any atom is 0.234 e. The smallest absolute Gasteiger partial charge is 0.234 e. The Morgan fingerprint density at radius 3 is 2.25 bits per heavy atom. The molecule has 1 heterocycles. The van der Waals surface area contributed by atoms with Crippen LogP contribution in [0.4, 0.5) is 4.39 Å². The molecule has 2 amide bonds. The molecule has 44 heavy (non-hydrogen) atoms. The number of Topliss-reactive ketones (excluding diaryl/α,β-unsaturated/α-hetero) is 1. The second-order valence-electron chi connectivity index (χ2n) is 11.0. The first-order valence-corrected chi connectivity index (χ1v) is 15.3. The molecule has 1 aliphatic rings. The topological polar surface area (TPSA) is 88.2 Å². The third kappa shape index (κ3) is 9.99. The highest BCUT2D eigenvalue weighted by atomic mass is 19.1. The van der Waals surface area contributed by atoms with Crippen LogP contribution in [0.1, 0.15) is 37.8 Å². The molecule has 3 aromatic carbocycles. The van der Waals surface area contributed by atoms with Crippen molar-refractivity contribution >= 4 is 17.6 Å². The minimum Gasteiger partial charge on any atom is -0.457 e. The van der Waals surface area contributed by atoms with Crippen LogP contribution in [0.3, 0.4) is 0 Å². The summed E-state index contributed by atoms with van der Waals surface area (Å²) in [6.07, 6.45) is 1.75. The van der Waals surface area contributed by atoms with E-state index in [4.69, 9.17) is 9.47 Å². The van der Waals surface area contributed by atoms with Gasteiger partial charge < -0.3 is 19.7 Å². The summed E-state index contributed by atoms with van der Waals surface area (Å²) in [5, 5.41) is 2.90. The number of hydrogen-bond donors (Lipinski definition) is 1. The predicted molar refractivity (Wildman–Crippen MR) is 167 cm³/mol. The van der Waals surface area contributed by atoms with Crippen LogP contribution in [0.25, 0.3) is 0 Å². The lowest BCUT2D eigenvalue weighted by Gasteiger charge is -2.34. The lowest BCUT2D eigenvalue weighted by molar-refractivity contribution is -0.138. The number of nitrogens with one attached hydrogen (secondary N) is 1. The molecule has 1 aliphatic heterocycles. The summed E-state index contributed by atoms with van der Waals surface area (Å²) >= 11 is 0. The molecule has 0 spiro atoms. The molecule has 1 N–H and O–H groups in total. The SMILES string of the molecule is CCN(CC)C(=O)C1CCCN(CC(=O)N[C@@H](COCc2ccccc2)C(=O)Cc2ccc(Oc3ccc(F)cc3)cc2)C1. The van der Waals surface area contributed by atoms with Crippen molar-refractivity contribution in [1.82, 2.24) is 15.1 Å². The van der Waals surface area contributed by atoms with E-state index in [0.29, 0.717) is 37.7 Å². The summed E-state index contributed by atoms with van der Waals surface area (Å²) in [5.41, 5.74) is 1.73. The highest BCUT2D eigenvalue weighted by molar-refractivity contribution is 5.91. The predicted octanol–water partition coefficient (Wildman–Crippen LogP) is 5.01. The third-order valence-electron chi connectivity index (χ3n) is 7.77. The Balaban J connectivity index is 1.36. The molecule has 4 rings (SSSR count). The van der Waals surface area contributed by atoms with Gasteiger partial charge in [0.2, 0.25) is 11.8 Å². The second kappa shape index (κ2) is 16.7. The van der Waals surface area contributed by atoms with Crippen LogP contribution in [0.2, 0.25) is 0 Å². The molecule has 0 saturated carbocycles. The van der Waals surface area contributed by atoms with Gasteiger partial charge in [0, 0.05) is 26.1 Å². The Kier molecular flexibility index (Phi) is 12.4. The molecular weight excluding hydrogens is 561 g/mol. The molecule has 1 unspecified atom stereocenters. The molecular formula is C35H42FN3O5. The molecule has 3 aromatic rings. The highest BCUT2D eigenvalue weighted by Crippen LogP contribution is 2.22. The van der Waals surface area contributed by atoms with Crippen molar-refractivity contribution in [1.29, 1.82) is 0 Å². The minimum absolute atomic E-state index is 0.0360. The summed E-state index contributed by atoms with van der Waals surface area (Å²) in [6, 6.07) is 21.6. The van der Waals surface area contributed by atoms with Gasteiger partial charge in [0.15, 0.2) is 5.78 Å². The summed E-state index contributed by atoms with van der Waals surface area (Å²) in [4.78, 5) is 43.4. The number of carbonyl (C=O) groups is 3. The van der Waals surface area contributed by atoms with E-state index >= 15 is 0 Å². The standard InChI is InChI=1S/C35H42FN3O5/c1-3-39(4-2)35(42)28-11-8-20-38(22-28)23-34(41)37-32(25-43-24-27-9-6-5-7-10-27)33(40)21-26-12-16-30(17-13-26)44-31-18-14-29(36)15-19-31/h5-7,9-10,12-19,28,32H,3-4,8,11,20-25H2,1-2H3,(H,37,41)/t28?,32-/m0/s1. The van der Waals surface area contributed by atoms with Gasteiger partial charge in [-0.1, -0.05) is 42.5 Å². The number of halogens is 1. The van der Waals surface area contributed by atoms with Crippen LogP contribution in [0.15, 0.2) is 78.9 Å². The van der Waals surface area contributed by atoms with Crippen molar-refractivity contribution in [3.8, 4) is 11.5 Å². The van der Waals surface area contributed by atoms with Gasteiger partial charge >= 0.3 is 0 Å². The van der Waals surface area contributed by atoms with Crippen LogP contribution in [0, 0.1) is 11.7 Å². The molecule has 0 aromatic heterocycles. The van der Waals surface area contributed by atoms with E-state index in [1.807, 2.05) is 54.0 Å². The lowest BCUT2D eigenvalue weighted by Crippen LogP contribution is -2.51. The van der Waals surface area contributed by atoms with Gasteiger partial charge in [0.1, 0.15) is 23.4 Å². The Morgan fingerprint density at radius 2 is 1.59 bits per heavy atom. The van der Waals surface area contributed by atoms with Gasteiger partial charge in [0.25, 0.3) is 0 Å². The monoisotopic (exact) mass is 603 g/mol. The van der Waals surface area contributed by atoms with Gasteiger partial charge in [0.05, 0.1) is 25.7 Å². The first-order chi connectivity index (χ1) is 21.3. The summed E-state index contributed by atoms with van der Waals surface area (Å²) in [7, 11) is 0. The molecule has 0 bridgehead atoms. The van der Waals surface area contributed by atoms with Crippen LogP contribution < -0.4 is 10.1 Å². The van der Waals surface area contributed by atoms with E-state index in [0.717, 1.165) is 30.5 Å². The molecule has 1 fully saturated rings. The number of ketones is 1. The quantitative estimate of drug-likeness (QED) is 0.263. The highest BCUT2D eigenvalue weighted by Gasteiger charge is 2.30. The number of benzene rings is 3. The molecule has 1 saturated heterocycles. The summed E-state index contributed by atoms with van der Waals surface area (Å²) < 4.78 is 24.8. The minimum atomic E-state index is -0.834. The Hall–Kier alpha value is -4.08. The van der Waals surface area contributed by atoms with Gasteiger partial charge in [-0.3, -0.25) is 19.3 Å². The van der Waals surface area contributed by atoms with E-state index < -0.39 is 6.04 Å². The number of rotatable bonds is 15. The number of nitrogens with zero attached hydrogens (tertiary/aromatic N) is 2. The van der Waals surface area contributed by atoms with E-state index in [1.54, 1.807) is 36.4 Å². The van der Waals surface area contributed by atoms with Crippen LogP contribution in [0.5, 0.6) is 11.5 Å². The van der Waals surface area contributed by atoms with Gasteiger partial charge in [-0.25, -0.2) is 4.39 Å².